The van der Waals surface area contributed by atoms with Gasteiger partial charge in [0.2, 0.25) is 5.91 Å². The molecule has 96 heavy (non-hydrogen) atoms. The molecule has 2 aromatic carbocycles. The smallest absolute Gasteiger partial charge is 0.320 e. The van der Waals surface area contributed by atoms with Crippen LogP contribution in [0.2, 0.25) is 0 Å². The van der Waals surface area contributed by atoms with Crippen LogP contribution in [0.15, 0.2) is 42.5 Å². The number of nitrogens with one attached hydrogen (secondary N) is 5. The van der Waals surface area contributed by atoms with Gasteiger partial charge in [0.1, 0.15) is 28.4 Å². The van der Waals surface area contributed by atoms with E-state index < -0.39 is 34.5 Å². The van der Waals surface area contributed by atoms with Gasteiger partial charge in [-0.25, -0.2) is 0 Å². The summed E-state index contributed by atoms with van der Waals surface area (Å²) in [4.78, 5) is 61.6. The standard InChI is InChI=1S/C71H117N9O16/c1-50(2)55-43-54(17-18-58(55)75-59(66-60(87-12)15-14-16-61(66)88-13)44-57(72)67(86)76-71(49-81)53-40-51-39-52(42-53)56(71)41-51)73-19-29-89-31-33-91-35-37-93-38-36-92-34-32-90-30-20-74-62(82)45-77-21-23-78(46-63(83)94-68(3,4)5)25-27-80(48-65(85)96-70(9,10)11)28-26-79(24-22-77)47-64(84)95-69(6,7)8/h14-18,43-44,50-53,56,63,72-73,75,81,83H,19-42,45-49H2,1-13H3,(H,74,82)(H,76,86)/b59-44-,72-57?. The maximum atomic E-state index is 14.0. The number of rotatable bonds is 38. The van der Waals surface area contributed by atoms with E-state index in [1.54, 1.807) is 14.2 Å². The van der Waals surface area contributed by atoms with Crippen molar-refractivity contribution in [1.82, 2.24) is 30.2 Å². The Morgan fingerprint density at radius 2 is 1.15 bits per heavy atom. The molecule has 25 nitrogen and oxygen atoms in total. The molecule has 0 aromatic heterocycles. The molecule has 7 N–H and O–H groups in total. The molecule has 0 radical (unpaired) electrons. The molecule has 7 rings (SSSR count). The summed E-state index contributed by atoms with van der Waals surface area (Å²) in [6.07, 6.45) is 4.66. The van der Waals surface area contributed by atoms with Crippen LogP contribution >= 0.6 is 0 Å². The minimum absolute atomic E-state index is 0.0461. The van der Waals surface area contributed by atoms with E-state index >= 15 is 0 Å². The lowest BCUT2D eigenvalue weighted by molar-refractivity contribution is -0.174. The van der Waals surface area contributed by atoms with E-state index in [4.69, 9.17) is 52.8 Å². The Kier molecular flexibility index (Phi) is 32.0. The normalized spacial score (nSPS) is 21.3. The summed E-state index contributed by atoms with van der Waals surface area (Å²) < 4.78 is 57.5. The molecule has 4 saturated carbocycles. The fourth-order valence-corrected chi connectivity index (χ4v) is 13.4. The highest BCUT2D eigenvalue weighted by molar-refractivity contribution is 6.43. The van der Waals surface area contributed by atoms with Gasteiger partial charge in [-0.15, -0.1) is 0 Å². The van der Waals surface area contributed by atoms with Gasteiger partial charge in [-0.1, -0.05) is 19.9 Å². The number of methoxy groups -OCH3 is 2. The number of β-amino-alcohol motifs (C(OH)–C–C–N with tert-alkyl or cyclic N) is 1. The molecular formula is C71H117N9O16. The van der Waals surface area contributed by atoms with Gasteiger partial charge in [-0.05, 0) is 160 Å². The van der Waals surface area contributed by atoms with Gasteiger partial charge in [0.25, 0.3) is 5.91 Å². The van der Waals surface area contributed by atoms with Crippen molar-refractivity contribution in [1.29, 1.82) is 5.41 Å². The first-order valence-corrected chi connectivity index (χ1v) is 34.5. The van der Waals surface area contributed by atoms with Gasteiger partial charge in [-0.2, -0.15) is 0 Å². The highest BCUT2D eigenvalue weighted by atomic mass is 16.6. The zero-order chi connectivity index (χ0) is 70.1. The molecular weight excluding hydrogens is 1230 g/mol. The second-order valence-electron chi connectivity index (χ2n) is 28.9. The molecule has 2 amide bonds. The van der Waals surface area contributed by atoms with Crippen LogP contribution in [0.3, 0.4) is 0 Å². The summed E-state index contributed by atoms with van der Waals surface area (Å²) in [5.74, 6) is 1.35. The molecule has 25 heteroatoms. The topological polar surface area (TPSA) is 286 Å². The average molecular weight is 1350 g/mol. The monoisotopic (exact) mass is 1350 g/mol. The average Bonchev–Trinajstić information content (AvgIpc) is 1.56. The maximum absolute atomic E-state index is 14.0. The van der Waals surface area contributed by atoms with Crippen LogP contribution in [0.1, 0.15) is 119 Å². The Morgan fingerprint density at radius 3 is 1.62 bits per heavy atom. The highest BCUT2D eigenvalue weighted by Crippen LogP contribution is 2.62. The second-order valence-corrected chi connectivity index (χ2v) is 28.9. The number of hydrogen-bond donors (Lipinski definition) is 7. The molecule has 4 bridgehead atoms. The van der Waals surface area contributed by atoms with E-state index in [0.717, 1.165) is 42.6 Å². The number of aliphatic hydroxyl groups is 2. The minimum atomic E-state index is -1.06. The molecule has 5 aliphatic rings. The Balaban J connectivity index is 0.849. The summed E-state index contributed by atoms with van der Waals surface area (Å²) in [7, 11) is 3.15. The molecule has 4 aliphatic carbocycles. The van der Waals surface area contributed by atoms with E-state index in [0.29, 0.717) is 166 Å². The Bertz CT molecular complexity index is 2760. The fourth-order valence-electron chi connectivity index (χ4n) is 13.4. The number of carbonyl (C=O) groups is 4. The fraction of sp³-hybridized carbons (Fsp3) is 0.732. The third-order valence-corrected chi connectivity index (χ3v) is 17.5. The van der Waals surface area contributed by atoms with Crippen LogP contribution < -0.4 is 30.7 Å². The number of amides is 2. The number of nitrogens with zero attached hydrogens (tertiary/aromatic N) is 4. The maximum Gasteiger partial charge on any atom is 0.320 e. The van der Waals surface area contributed by atoms with Crippen LogP contribution in [0.25, 0.3) is 5.70 Å². The summed E-state index contributed by atoms with van der Waals surface area (Å²) in [6.45, 7) is 29.8. The van der Waals surface area contributed by atoms with Gasteiger partial charge < -0.3 is 78.8 Å². The lowest BCUT2D eigenvalue weighted by atomic mass is 9.70. The summed E-state index contributed by atoms with van der Waals surface area (Å²) >= 11 is 0. The first-order chi connectivity index (χ1) is 45.6. The third kappa shape index (κ3) is 26.9. The van der Waals surface area contributed by atoms with Crippen molar-refractivity contribution in [3.8, 4) is 11.5 Å². The third-order valence-electron chi connectivity index (χ3n) is 17.5. The van der Waals surface area contributed by atoms with Crippen LogP contribution in [-0.2, 0) is 57.1 Å². The van der Waals surface area contributed by atoms with Crippen molar-refractivity contribution in [2.75, 3.05) is 189 Å². The number of ether oxygens (including phenoxy) is 10. The Morgan fingerprint density at radius 1 is 0.646 bits per heavy atom. The minimum Gasteiger partial charge on any atom is -0.496 e. The SMILES string of the molecule is COc1cccc(OC)c1/C(=C/C(=N)C(=O)NC1(CO)C2CC3CC(C2)C1C3)Nc1ccc(NCCOCCOCCOCCOCCOCCNC(=O)CN2CCN(CC(=O)OC(C)(C)C)CCN(CC(=O)OC(C)(C)C)CCN(CC(O)OC(C)(C)C)CC2)cc1C(C)C. The molecule has 1 aliphatic heterocycles. The Hall–Kier alpha value is -5.55. The number of aliphatic hydroxyl groups excluding tert-OH is 2. The van der Waals surface area contributed by atoms with Gasteiger partial charge in [0, 0.05) is 83.4 Å². The van der Waals surface area contributed by atoms with Crippen LogP contribution in [-0.4, -0.2) is 266 Å². The zero-order valence-electron chi connectivity index (χ0n) is 59.9. The molecule has 1 heterocycles. The molecule has 6 unspecified atom stereocenters. The molecule has 2 aromatic rings. The first-order valence-electron chi connectivity index (χ1n) is 34.5. The predicted molar refractivity (Wildman–Crippen MR) is 370 cm³/mol. The van der Waals surface area contributed by atoms with E-state index in [1.165, 1.54) is 6.08 Å². The van der Waals surface area contributed by atoms with Crippen LogP contribution in [0.5, 0.6) is 11.5 Å². The van der Waals surface area contributed by atoms with Crippen molar-refractivity contribution >= 4 is 46.5 Å². The van der Waals surface area contributed by atoms with Gasteiger partial charge in [0.05, 0.1) is 129 Å². The molecule has 542 valence electrons. The summed E-state index contributed by atoms with van der Waals surface area (Å²) in [5, 5.41) is 44.0. The van der Waals surface area contributed by atoms with Crippen molar-refractivity contribution in [3.63, 3.8) is 0 Å². The lowest BCUT2D eigenvalue weighted by Crippen LogP contribution is -2.60. The van der Waals surface area contributed by atoms with E-state index in [-0.39, 0.29) is 74.1 Å². The highest BCUT2D eigenvalue weighted by Gasteiger charge is 2.63. The largest absolute Gasteiger partial charge is 0.496 e. The van der Waals surface area contributed by atoms with Gasteiger partial charge >= 0.3 is 11.9 Å². The molecule has 0 spiro atoms. The number of hydrogen-bond acceptors (Lipinski definition) is 23. The van der Waals surface area contributed by atoms with Crippen molar-refractivity contribution < 1.29 is 76.8 Å². The summed E-state index contributed by atoms with van der Waals surface area (Å²) in [6, 6.07) is 11.5. The number of carbonyl (C=O) groups excluding carboxylic acids is 4. The van der Waals surface area contributed by atoms with Crippen molar-refractivity contribution in [2.45, 2.75) is 136 Å². The van der Waals surface area contributed by atoms with Crippen molar-refractivity contribution in [2.24, 2.45) is 23.7 Å². The summed E-state index contributed by atoms with van der Waals surface area (Å²) in [5.41, 5.74) is 0.925. The van der Waals surface area contributed by atoms with Crippen molar-refractivity contribution in [3.05, 3.63) is 53.6 Å². The zero-order valence-corrected chi connectivity index (χ0v) is 59.9. The number of anilines is 2. The molecule has 5 fully saturated rings. The number of benzene rings is 2. The van der Waals surface area contributed by atoms with E-state index in [1.807, 2.05) is 107 Å². The first kappa shape index (κ1) is 79.4. The van der Waals surface area contributed by atoms with Gasteiger partial charge in [0.15, 0.2) is 6.29 Å². The molecule has 1 saturated heterocycles. The van der Waals surface area contributed by atoms with E-state index in [9.17, 15) is 29.4 Å². The van der Waals surface area contributed by atoms with E-state index in [2.05, 4.69) is 46.1 Å². The van der Waals surface area contributed by atoms with Crippen LogP contribution in [0, 0.1) is 29.1 Å². The quantitative estimate of drug-likeness (QED) is 0.0179. The van der Waals surface area contributed by atoms with Crippen LogP contribution in [0.4, 0.5) is 11.4 Å². The van der Waals surface area contributed by atoms with Gasteiger partial charge in [-0.3, -0.25) is 44.2 Å². The second kappa shape index (κ2) is 38.7. The predicted octanol–water partition coefficient (Wildman–Crippen LogP) is 5.86. The lowest BCUT2D eigenvalue weighted by Gasteiger charge is -2.43. The Labute approximate surface area is 571 Å². The molecule has 6 atom stereocenters. The number of esters is 2.